The minimum atomic E-state index is -4.60. The fourth-order valence-corrected chi connectivity index (χ4v) is 2.74. The van der Waals surface area contributed by atoms with Crippen LogP contribution in [0.5, 0.6) is 0 Å². The van der Waals surface area contributed by atoms with Gasteiger partial charge in [0.15, 0.2) is 0 Å². The Morgan fingerprint density at radius 2 is 1.65 bits per heavy atom. The minimum absolute atomic E-state index is 0.204. The molecule has 0 radical (unpaired) electrons. The number of azo groups is 1. The molecule has 0 spiro atoms. The second-order valence-electron chi connectivity index (χ2n) is 4.19. The number of nitrogens with zero attached hydrogens (tertiary/aromatic N) is 2. The summed E-state index contributed by atoms with van der Waals surface area (Å²) >= 11 is 0. The van der Waals surface area contributed by atoms with Gasteiger partial charge in [0, 0.05) is 0 Å². The van der Waals surface area contributed by atoms with Gasteiger partial charge in [-0.25, -0.2) is 0 Å². The Hall–Kier alpha value is -2.38. The molecule has 0 aromatic heterocycles. The van der Waals surface area contributed by atoms with Crippen molar-refractivity contribution >= 4 is 32.4 Å². The highest BCUT2D eigenvalue weighted by atomic mass is 32.2. The Morgan fingerprint density at radius 3 is 2.40 bits per heavy atom. The largest absolute Gasteiger partial charge is 0.314 e. The maximum atomic E-state index is 11.8. The first-order valence-electron chi connectivity index (χ1n) is 5.64. The van der Waals surface area contributed by atoms with Crippen LogP contribution in [-0.2, 0) is 14.9 Å². The molecule has 0 atom stereocenters. The third kappa shape index (κ3) is 1.93. The molecular formula is C13H8N2O4S. The van der Waals surface area contributed by atoms with Gasteiger partial charge >= 0.3 is 10.1 Å². The summed E-state index contributed by atoms with van der Waals surface area (Å²) in [5, 5.41) is 7.31. The number of hydrogen-bond donors (Lipinski definition) is 1. The number of carbonyl (C=O) groups is 1. The number of fused-ring (bicyclic) bond motifs is 1. The van der Waals surface area contributed by atoms with Gasteiger partial charge < -0.3 is 0 Å². The molecule has 1 aliphatic rings. The lowest BCUT2D eigenvalue weighted by Crippen LogP contribution is -2.04. The molecule has 0 bridgehead atoms. The third-order valence-electron chi connectivity index (χ3n) is 2.96. The highest BCUT2D eigenvalue weighted by molar-refractivity contribution is 7.90. The van der Waals surface area contributed by atoms with Crippen molar-refractivity contribution in [1.29, 1.82) is 0 Å². The first-order chi connectivity index (χ1) is 9.48. The van der Waals surface area contributed by atoms with Crippen LogP contribution >= 0.6 is 0 Å². The summed E-state index contributed by atoms with van der Waals surface area (Å²) < 4.78 is 31.7. The van der Waals surface area contributed by atoms with E-state index < -0.39 is 21.1 Å². The van der Waals surface area contributed by atoms with Crippen LogP contribution in [0.25, 0.3) is 16.3 Å². The fourth-order valence-electron chi connectivity index (χ4n) is 2.14. The van der Waals surface area contributed by atoms with E-state index in [-0.39, 0.29) is 5.57 Å². The van der Waals surface area contributed by atoms with Crippen molar-refractivity contribution in [2.75, 3.05) is 0 Å². The van der Waals surface area contributed by atoms with E-state index in [0.29, 0.717) is 10.9 Å². The highest BCUT2D eigenvalue weighted by Gasteiger charge is 2.31. The molecule has 20 heavy (non-hydrogen) atoms. The number of carbonyl (C=O) groups excluding carboxylic acids is 1. The number of hydrogen-bond acceptors (Lipinski definition) is 4. The highest BCUT2D eigenvalue weighted by Crippen LogP contribution is 2.33. The van der Waals surface area contributed by atoms with E-state index in [4.69, 9.17) is 4.55 Å². The van der Waals surface area contributed by atoms with E-state index in [1.165, 1.54) is 0 Å². The zero-order valence-electron chi connectivity index (χ0n) is 10.0. The van der Waals surface area contributed by atoms with Gasteiger partial charge in [0.05, 0.1) is 5.57 Å². The molecule has 0 unspecified atom stereocenters. The minimum Gasteiger partial charge on any atom is -0.281 e. The van der Waals surface area contributed by atoms with Crippen LogP contribution in [0, 0.1) is 0 Å². The molecule has 7 heteroatoms. The third-order valence-corrected chi connectivity index (χ3v) is 3.74. The van der Waals surface area contributed by atoms with Crippen molar-refractivity contribution in [1.82, 2.24) is 0 Å². The van der Waals surface area contributed by atoms with Crippen molar-refractivity contribution in [2.24, 2.45) is 10.2 Å². The number of benzene rings is 2. The molecular weight excluding hydrogens is 280 g/mol. The maximum Gasteiger partial charge on any atom is 0.314 e. The molecule has 0 saturated heterocycles. The molecule has 2 aromatic rings. The van der Waals surface area contributed by atoms with Crippen LogP contribution in [0.4, 0.5) is 0 Å². The standard InChI is InChI=1S/C13H8N2O4S/c16-12-11(13(15-14-12)20(17,18)19)10-7-3-5-8-4-1-2-6-9(8)10/h1-7H,(H,17,18,19). The normalized spacial score (nSPS) is 15.3. The summed E-state index contributed by atoms with van der Waals surface area (Å²) in [6, 6.07) is 12.3. The molecule has 0 aliphatic carbocycles. The van der Waals surface area contributed by atoms with Crippen molar-refractivity contribution in [3.05, 3.63) is 53.1 Å². The number of rotatable bonds is 2. The van der Waals surface area contributed by atoms with Gasteiger partial charge in [-0.05, 0) is 16.3 Å². The quantitative estimate of drug-likeness (QED) is 0.858. The van der Waals surface area contributed by atoms with Gasteiger partial charge in [0.25, 0.3) is 5.91 Å². The van der Waals surface area contributed by atoms with Crippen molar-refractivity contribution in [3.63, 3.8) is 0 Å². The van der Waals surface area contributed by atoms with Crippen LogP contribution in [0.3, 0.4) is 0 Å². The summed E-state index contributed by atoms with van der Waals surface area (Å²) in [4.78, 5) is 11.8. The molecule has 0 saturated carbocycles. The smallest absolute Gasteiger partial charge is 0.281 e. The van der Waals surface area contributed by atoms with Gasteiger partial charge in [-0.1, -0.05) is 42.5 Å². The van der Waals surface area contributed by atoms with Crippen LogP contribution in [-0.4, -0.2) is 18.9 Å². The zero-order chi connectivity index (χ0) is 14.3. The maximum absolute atomic E-state index is 11.8. The van der Waals surface area contributed by atoms with Gasteiger partial charge in [-0.3, -0.25) is 9.35 Å². The SMILES string of the molecule is O=C1N=NC(S(=O)(=O)O)=C1c1cccc2ccccc12. The summed E-state index contributed by atoms with van der Waals surface area (Å²) in [5.41, 5.74) is 0.176. The predicted molar refractivity (Wildman–Crippen MR) is 72.3 cm³/mol. The van der Waals surface area contributed by atoms with E-state index in [2.05, 4.69) is 10.2 Å². The van der Waals surface area contributed by atoms with E-state index in [0.717, 1.165) is 5.39 Å². The first kappa shape index (κ1) is 12.6. The Balaban J connectivity index is 2.39. The molecule has 1 N–H and O–H groups in total. The fraction of sp³-hybridized carbons (Fsp3) is 0. The molecule has 1 amide bonds. The predicted octanol–water partition coefficient (Wildman–Crippen LogP) is 2.39. The Labute approximate surface area is 114 Å². The van der Waals surface area contributed by atoms with Gasteiger partial charge in [0.2, 0.25) is 5.03 Å². The molecule has 0 fully saturated rings. The van der Waals surface area contributed by atoms with Gasteiger partial charge in [-0.15, -0.1) is 10.2 Å². The topological polar surface area (TPSA) is 96.2 Å². The van der Waals surface area contributed by atoms with Crippen LogP contribution in [0.1, 0.15) is 5.56 Å². The summed E-state index contributed by atoms with van der Waals surface area (Å²) in [7, 11) is -4.60. The van der Waals surface area contributed by atoms with Gasteiger partial charge in [-0.2, -0.15) is 8.42 Å². The second-order valence-corrected chi connectivity index (χ2v) is 5.52. The molecule has 2 aromatic carbocycles. The van der Waals surface area contributed by atoms with Crippen molar-refractivity contribution in [2.45, 2.75) is 0 Å². The Bertz CT molecular complexity index is 892. The molecule has 100 valence electrons. The lowest BCUT2D eigenvalue weighted by atomic mass is 9.99. The molecule has 1 heterocycles. The lowest BCUT2D eigenvalue weighted by Gasteiger charge is -2.06. The lowest BCUT2D eigenvalue weighted by molar-refractivity contribution is -0.112. The van der Waals surface area contributed by atoms with E-state index in [1.54, 1.807) is 24.3 Å². The molecule has 1 aliphatic heterocycles. The summed E-state index contributed by atoms with van der Waals surface area (Å²) in [6.45, 7) is 0. The van der Waals surface area contributed by atoms with Gasteiger partial charge in [0.1, 0.15) is 0 Å². The molecule has 6 nitrogen and oxygen atoms in total. The molecule has 3 rings (SSSR count). The van der Waals surface area contributed by atoms with Crippen LogP contribution in [0.15, 0.2) is 57.7 Å². The number of amides is 1. The second kappa shape index (κ2) is 4.32. The first-order valence-corrected chi connectivity index (χ1v) is 7.08. The van der Waals surface area contributed by atoms with Crippen molar-refractivity contribution in [3.8, 4) is 0 Å². The monoisotopic (exact) mass is 288 g/mol. The average molecular weight is 288 g/mol. The van der Waals surface area contributed by atoms with E-state index >= 15 is 0 Å². The Kier molecular flexibility index (Phi) is 2.73. The Morgan fingerprint density at radius 1 is 0.950 bits per heavy atom. The summed E-state index contributed by atoms with van der Waals surface area (Å²) in [5.74, 6) is -0.783. The van der Waals surface area contributed by atoms with Crippen LogP contribution in [0.2, 0.25) is 0 Å². The van der Waals surface area contributed by atoms with Crippen molar-refractivity contribution < 1.29 is 17.8 Å². The van der Waals surface area contributed by atoms with E-state index in [9.17, 15) is 13.2 Å². The zero-order valence-corrected chi connectivity index (χ0v) is 10.8. The van der Waals surface area contributed by atoms with Crippen LogP contribution < -0.4 is 0 Å². The average Bonchev–Trinajstić information content (AvgIpc) is 2.80. The summed E-state index contributed by atoms with van der Waals surface area (Å²) in [6.07, 6.45) is 0. The van der Waals surface area contributed by atoms with E-state index in [1.807, 2.05) is 18.2 Å².